The fraction of sp³-hybridized carbons (Fsp3) is 0.526. The number of amides is 3. The van der Waals surface area contributed by atoms with Crippen molar-refractivity contribution in [2.24, 2.45) is 5.92 Å². The zero-order valence-corrected chi connectivity index (χ0v) is 16.7. The van der Waals surface area contributed by atoms with Crippen LogP contribution in [0.5, 0.6) is 0 Å². The van der Waals surface area contributed by atoms with Crippen molar-refractivity contribution in [1.82, 2.24) is 15.1 Å². The van der Waals surface area contributed by atoms with Gasteiger partial charge in [-0.1, -0.05) is 23.2 Å². The van der Waals surface area contributed by atoms with E-state index in [0.29, 0.717) is 54.5 Å². The molecule has 0 aliphatic carbocycles. The van der Waals surface area contributed by atoms with Crippen molar-refractivity contribution in [3.8, 4) is 0 Å². The zero-order valence-electron chi connectivity index (χ0n) is 15.2. The van der Waals surface area contributed by atoms with Gasteiger partial charge in [0.2, 0.25) is 11.8 Å². The Labute approximate surface area is 168 Å². The van der Waals surface area contributed by atoms with Gasteiger partial charge in [0, 0.05) is 48.2 Å². The molecule has 3 amide bonds. The number of nitrogens with one attached hydrogen (secondary N) is 1. The van der Waals surface area contributed by atoms with Gasteiger partial charge in [-0.3, -0.25) is 14.4 Å². The number of likely N-dealkylation sites (tertiary alicyclic amines) is 2. The Morgan fingerprint density at radius 2 is 1.63 bits per heavy atom. The second kappa shape index (κ2) is 8.48. The summed E-state index contributed by atoms with van der Waals surface area (Å²) in [5.74, 6) is -0.286. The minimum absolute atomic E-state index is 0.0256. The van der Waals surface area contributed by atoms with E-state index in [-0.39, 0.29) is 23.6 Å². The van der Waals surface area contributed by atoms with Crippen molar-refractivity contribution >= 4 is 40.9 Å². The molecule has 1 aromatic carbocycles. The minimum Gasteiger partial charge on any atom is -0.359 e. The zero-order chi connectivity index (χ0) is 19.6. The molecule has 2 saturated heterocycles. The fourth-order valence-corrected chi connectivity index (χ4v) is 4.41. The number of benzene rings is 1. The van der Waals surface area contributed by atoms with Crippen LogP contribution in [0.2, 0.25) is 10.0 Å². The summed E-state index contributed by atoms with van der Waals surface area (Å²) < 4.78 is 0. The third kappa shape index (κ3) is 4.38. The summed E-state index contributed by atoms with van der Waals surface area (Å²) in [5, 5.41) is 3.45. The van der Waals surface area contributed by atoms with Gasteiger partial charge in [0.05, 0.1) is 0 Å². The molecular formula is C19H23Cl2N3O3. The van der Waals surface area contributed by atoms with E-state index in [1.54, 1.807) is 35.0 Å². The van der Waals surface area contributed by atoms with Crippen LogP contribution in [-0.4, -0.2) is 60.2 Å². The lowest BCUT2D eigenvalue weighted by Gasteiger charge is -2.35. The van der Waals surface area contributed by atoms with Crippen molar-refractivity contribution in [3.05, 3.63) is 33.8 Å². The first-order chi connectivity index (χ1) is 12.9. The Morgan fingerprint density at radius 1 is 1.00 bits per heavy atom. The molecule has 2 fully saturated rings. The first kappa shape index (κ1) is 20.0. The third-order valence-corrected chi connectivity index (χ3v) is 5.77. The predicted octanol–water partition coefficient (Wildman–Crippen LogP) is 2.58. The highest BCUT2D eigenvalue weighted by atomic mass is 35.5. The van der Waals surface area contributed by atoms with Crippen molar-refractivity contribution < 1.29 is 14.4 Å². The third-order valence-electron chi connectivity index (χ3n) is 5.33. The number of hydrogen-bond acceptors (Lipinski definition) is 3. The van der Waals surface area contributed by atoms with Crippen LogP contribution in [0.1, 0.15) is 36.0 Å². The van der Waals surface area contributed by atoms with Crippen LogP contribution in [0.3, 0.4) is 0 Å². The Kier molecular flexibility index (Phi) is 6.27. The van der Waals surface area contributed by atoms with Gasteiger partial charge >= 0.3 is 0 Å². The first-order valence-corrected chi connectivity index (χ1v) is 9.93. The van der Waals surface area contributed by atoms with Crippen LogP contribution in [0.25, 0.3) is 0 Å². The molecule has 8 heteroatoms. The molecule has 1 aromatic rings. The van der Waals surface area contributed by atoms with E-state index in [0.717, 1.165) is 6.42 Å². The molecule has 2 aliphatic rings. The molecule has 0 saturated carbocycles. The summed E-state index contributed by atoms with van der Waals surface area (Å²) in [4.78, 5) is 41.1. The lowest BCUT2D eigenvalue weighted by molar-refractivity contribution is -0.138. The number of piperidine rings is 1. The molecule has 2 aliphatic heterocycles. The molecule has 2 heterocycles. The molecule has 1 N–H and O–H groups in total. The van der Waals surface area contributed by atoms with Gasteiger partial charge in [0.1, 0.15) is 6.04 Å². The molecule has 0 bridgehead atoms. The van der Waals surface area contributed by atoms with Crippen LogP contribution >= 0.6 is 23.2 Å². The monoisotopic (exact) mass is 411 g/mol. The van der Waals surface area contributed by atoms with Crippen molar-refractivity contribution in [2.45, 2.75) is 31.7 Å². The summed E-state index contributed by atoms with van der Waals surface area (Å²) >= 11 is 12.0. The number of rotatable bonds is 3. The molecule has 0 unspecified atom stereocenters. The van der Waals surface area contributed by atoms with Gasteiger partial charge in [-0.25, -0.2) is 0 Å². The first-order valence-electron chi connectivity index (χ1n) is 9.18. The number of carbonyl (C=O) groups excluding carboxylic acids is 3. The van der Waals surface area contributed by atoms with E-state index in [9.17, 15) is 14.4 Å². The van der Waals surface area contributed by atoms with E-state index in [4.69, 9.17) is 23.2 Å². The second-order valence-electron chi connectivity index (χ2n) is 7.03. The number of halogens is 2. The lowest BCUT2D eigenvalue weighted by Crippen LogP contribution is -2.51. The molecule has 0 radical (unpaired) electrons. The smallest absolute Gasteiger partial charge is 0.254 e. The molecule has 1 atom stereocenters. The van der Waals surface area contributed by atoms with Crippen LogP contribution in [0.4, 0.5) is 0 Å². The van der Waals surface area contributed by atoms with Gasteiger partial charge in [-0.2, -0.15) is 0 Å². The molecule has 27 heavy (non-hydrogen) atoms. The Bertz CT molecular complexity index is 727. The average molecular weight is 412 g/mol. The van der Waals surface area contributed by atoms with Gasteiger partial charge in [0.25, 0.3) is 5.91 Å². The quantitative estimate of drug-likeness (QED) is 0.830. The van der Waals surface area contributed by atoms with Gasteiger partial charge in [-0.05, 0) is 43.9 Å². The summed E-state index contributed by atoms with van der Waals surface area (Å²) in [7, 11) is 1.63. The fourth-order valence-electron chi connectivity index (χ4n) is 3.89. The summed E-state index contributed by atoms with van der Waals surface area (Å²) in [6, 6.07) is 4.25. The van der Waals surface area contributed by atoms with Crippen LogP contribution in [0, 0.1) is 5.92 Å². The average Bonchev–Trinajstić information content (AvgIpc) is 3.15. The summed E-state index contributed by atoms with van der Waals surface area (Å²) in [6.45, 7) is 1.62. The van der Waals surface area contributed by atoms with Gasteiger partial charge in [-0.15, -0.1) is 0 Å². The SMILES string of the molecule is CNC(=O)C1CCN(C(=O)[C@H]2CCCN2C(=O)c2cc(Cl)cc(Cl)c2)CC1. The van der Waals surface area contributed by atoms with E-state index in [1.165, 1.54) is 0 Å². The molecule has 0 spiro atoms. The molecule has 3 rings (SSSR count). The number of hydrogen-bond donors (Lipinski definition) is 1. The minimum atomic E-state index is -0.466. The van der Waals surface area contributed by atoms with E-state index in [1.807, 2.05) is 0 Å². The highest BCUT2D eigenvalue weighted by Crippen LogP contribution is 2.27. The molecule has 0 aromatic heterocycles. The highest BCUT2D eigenvalue weighted by molar-refractivity contribution is 6.35. The number of carbonyl (C=O) groups is 3. The largest absolute Gasteiger partial charge is 0.359 e. The maximum absolute atomic E-state index is 13.0. The second-order valence-corrected chi connectivity index (χ2v) is 7.90. The molecule has 6 nitrogen and oxygen atoms in total. The maximum atomic E-state index is 13.0. The molecular weight excluding hydrogens is 389 g/mol. The van der Waals surface area contributed by atoms with Crippen LogP contribution in [0.15, 0.2) is 18.2 Å². The van der Waals surface area contributed by atoms with Crippen molar-refractivity contribution in [3.63, 3.8) is 0 Å². The lowest BCUT2D eigenvalue weighted by atomic mass is 9.95. The van der Waals surface area contributed by atoms with Crippen molar-refractivity contribution in [2.75, 3.05) is 26.7 Å². The van der Waals surface area contributed by atoms with Crippen LogP contribution < -0.4 is 5.32 Å². The van der Waals surface area contributed by atoms with E-state index in [2.05, 4.69) is 5.32 Å². The highest BCUT2D eigenvalue weighted by Gasteiger charge is 2.38. The van der Waals surface area contributed by atoms with Gasteiger partial charge in [0.15, 0.2) is 0 Å². The summed E-state index contributed by atoms with van der Waals surface area (Å²) in [5.41, 5.74) is 0.394. The van der Waals surface area contributed by atoms with Crippen molar-refractivity contribution in [1.29, 1.82) is 0 Å². The topological polar surface area (TPSA) is 69.7 Å². The van der Waals surface area contributed by atoms with Crippen LogP contribution in [-0.2, 0) is 9.59 Å². The molecule has 146 valence electrons. The van der Waals surface area contributed by atoms with Gasteiger partial charge < -0.3 is 15.1 Å². The standard InChI is InChI=1S/C19H23Cl2N3O3/c1-22-17(25)12-4-7-23(8-5-12)19(27)16-3-2-6-24(16)18(26)13-9-14(20)11-15(21)10-13/h9-12,16H,2-8H2,1H3,(H,22,25)/t16-/m1/s1. The number of nitrogens with zero attached hydrogens (tertiary/aromatic N) is 2. The normalized spacial score (nSPS) is 20.6. The Morgan fingerprint density at radius 3 is 2.22 bits per heavy atom. The van der Waals surface area contributed by atoms with E-state index < -0.39 is 6.04 Å². The predicted molar refractivity (Wildman–Crippen MR) is 104 cm³/mol. The summed E-state index contributed by atoms with van der Waals surface area (Å²) in [6.07, 6.45) is 2.73. The maximum Gasteiger partial charge on any atom is 0.254 e. The Balaban J connectivity index is 1.68. The Hall–Kier alpha value is -1.79. The van der Waals surface area contributed by atoms with E-state index >= 15 is 0 Å².